The van der Waals surface area contributed by atoms with Gasteiger partial charge in [-0.05, 0) is 35.7 Å². The lowest BCUT2D eigenvalue weighted by Crippen LogP contribution is -2.08. The summed E-state index contributed by atoms with van der Waals surface area (Å²) in [5, 5.41) is 2.89. The molecular formula is C15H13NO. The Morgan fingerprint density at radius 2 is 1.76 bits per heavy atom. The van der Waals surface area contributed by atoms with Crippen molar-refractivity contribution < 1.29 is 4.79 Å². The summed E-state index contributed by atoms with van der Waals surface area (Å²) in [5.41, 5.74) is 4.38. The summed E-state index contributed by atoms with van der Waals surface area (Å²) < 4.78 is 0. The maximum Gasteiger partial charge on any atom is 0.231 e. The summed E-state index contributed by atoms with van der Waals surface area (Å²) in [6.07, 6.45) is 0. The smallest absolute Gasteiger partial charge is 0.231 e. The third-order valence-electron chi connectivity index (χ3n) is 3.28. The van der Waals surface area contributed by atoms with Crippen LogP contribution in [-0.2, 0) is 4.79 Å². The van der Waals surface area contributed by atoms with Crippen molar-refractivity contribution in [2.24, 2.45) is 0 Å². The first-order chi connectivity index (χ1) is 8.25. The summed E-state index contributed by atoms with van der Waals surface area (Å²) in [6.45, 7) is 1.94. The fourth-order valence-electron chi connectivity index (χ4n) is 2.23. The van der Waals surface area contributed by atoms with E-state index in [9.17, 15) is 4.79 Å². The third kappa shape index (κ3) is 1.62. The van der Waals surface area contributed by atoms with E-state index in [4.69, 9.17) is 0 Å². The molecule has 84 valence electrons. The summed E-state index contributed by atoms with van der Waals surface area (Å²) >= 11 is 0. The molecule has 0 aromatic heterocycles. The van der Waals surface area contributed by atoms with Crippen LogP contribution < -0.4 is 5.32 Å². The molecule has 0 spiro atoms. The number of rotatable bonds is 1. The number of anilines is 1. The van der Waals surface area contributed by atoms with Crippen LogP contribution in [0.25, 0.3) is 11.1 Å². The van der Waals surface area contributed by atoms with Gasteiger partial charge in [0.2, 0.25) is 5.91 Å². The van der Waals surface area contributed by atoms with Crippen LogP contribution in [0.15, 0.2) is 48.5 Å². The Hall–Kier alpha value is -2.09. The van der Waals surface area contributed by atoms with Gasteiger partial charge in [-0.15, -0.1) is 0 Å². The van der Waals surface area contributed by atoms with Crippen molar-refractivity contribution in [3.8, 4) is 11.1 Å². The van der Waals surface area contributed by atoms with E-state index in [0.717, 1.165) is 16.8 Å². The Labute approximate surface area is 100 Å². The normalized spacial score (nSPS) is 17.7. The van der Waals surface area contributed by atoms with E-state index in [1.165, 1.54) is 5.56 Å². The zero-order chi connectivity index (χ0) is 11.8. The molecule has 0 aliphatic carbocycles. The summed E-state index contributed by atoms with van der Waals surface area (Å²) in [7, 11) is 0. The molecule has 1 N–H and O–H groups in total. The number of hydrogen-bond acceptors (Lipinski definition) is 1. The lowest BCUT2D eigenvalue weighted by atomic mass is 9.97. The molecule has 0 bridgehead atoms. The van der Waals surface area contributed by atoms with Crippen LogP contribution in [0.2, 0.25) is 0 Å². The lowest BCUT2D eigenvalue weighted by molar-refractivity contribution is -0.116. The molecule has 2 heteroatoms. The van der Waals surface area contributed by atoms with Crippen molar-refractivity contribution in [1.82, 2.24) is 0 Å². The SMILES string of the molecule is CC1C(=O)Nc2ccc(-c3ccccc3)cc21. The van der Waals surface area contributed by atoms with Crippen molar-refractivity contribution in [1.29, 1.82) is 0 Å². The van der Waals surface area contributed by atoms with Crippen molar-refractivity contribution in [3.05, 3.63) is 54.1 Å². The molecule has 1 aliphatic rings. The second-order valence-corrected chi connectivity index (χ2v) is 4.38. The van der Waals surface area contributed by atoms with Gasteiger partial charge in [-0.1, -0.05) is 36.4 Å². The quantitative estimate of drug-likeness (QED) is 0.788. The minimum atomic E-state index is -0.0475. The van der Waals surface area contributed by atoms with E-state index in [-0.39, 0.29) is 11.8 Å². The van der Waals surface area contributed by atoms with Gasteiger partial charge in [0.05, 0.1) is 5.92 Å². The summed E-state index contributed by atoms with van der Waals surface area (Å²) in [6, 6.07) is 16.3. The molecule has 0 saturated carbocycles. The molecular weight excluding hydrogens is 210 g/mol. The van der Waals surface area contributed by atoms with Crippen LogP contribution in [-0.4, -0.2) is 5.91 Å². The highest BCUT2D eigenvalue weighted by Gasteiger charge is 2.26. The lowest BCUT2D eigenvalue weighted by Gasteiger charge is -2.06. The second kappa shape index (κ2) is 3.74. The average Bonchev–Trinajstić information content (AvgIpc) is 2.66. The highest BCUT2D eigenvalue weighted by molar-refractivity contribution is 6.03. The Kier molecular flexibility index (Phi) is 2.22. The number of hydrogen-bond donors (Lipinski definition) is 1. The van der Waals surface area contributed by atoms with Crippen molar-refractivity contribution in [2.45, 2.75) is 12.8 Å². The van der Waals surface area contributed by atoms with Gasteiger partial charge < -0.3 is 5.32 Å². The first-order valence-corrected chi connectivity index (χ1v) is 5.76. The first-order valence-electron chi connectivity index (χ1n) is 5.76. The Morgan fingerprint density at radius 3 is 2.53 bits per heavy atom. The minimum Gasteiger partial charge on any atom is -0.325 e. The molecule has 1 amide bonds. The van der Waals surface area contributed by atoms with Crippen LogP contribution in [0.1, 0.15) is 18.4 Å². The molecule has 3 rings (SSSR count). The molecule has 2 nitrogen and oxygen atoms in total. The third-order valence-corrected chi connectivity index (χ3v) is 3.28. The Bertz CT molecular complexity index is 575. The summed E-state index contributed by atoms with van der Waals surface area (Å²) in [4.78, 5) is 11.6. The predicted molar refractivity (Wildman–Crippen MR) is 68.9 cm³/mol. The molecule has 1 unspecified atom stereocenters. The minimum absolute atomic E-state index is 0.0475. The maximum atomic E-state index is 11.6. The number of carbonyl (C=O) groups excluding carboxylic acids is 1. The molecule has 1 heterocycles. The van der Waals surface area contributed by atoms with Gasteiger partial charge in [0.15, 0.2) is 0 Å². The van der Waals surface area contributed by atoms with E-state index in [1.807, 2.05) is 37.3 Å². The van der Waals surface area contributed by atoms with Crippen LogP contribution in [0.4, 0.5) is 5.69 Å². The highest BCUT2D eigenvalue weighted by Crippen LogP contribution is 2.35. The first kappa shape index (κ1) is 10.1. The fourth-order valence-corrected chi connectivity index (χ4v) is 2.23. The number of carbonyl (C=O) groups is 1. The van der Waals surface area contributed by atoms with Gasteiger partial charge in [0.1, 0.15) is 0 Å². The molecule has 1 aliphatic heterocycles. The van der Waals surface area contributed by atoms with Crippen LogP contribution in [0.5, 0.6) is 0 Å². The van der Waals surface area contributed by atoms with Gasteiger partial charge in [0.25, 0.3) is 0 Å². The average molecular weight is 223 g/mol. The van der Waals surface area contributed by atoms with E-state index in [1.54, 1.807) is 0 Å². The second-order valence-electron chi connectivity index (χ2n) is 4.38. The predicted octanol–water partition coefficient (Wildman–Crippen LogP) is 3.41. The number of benzene rings is 2. The standard InChI is InChI=1S/C15H13NO/c1-10-13-9-12(11-5-3-2-4-6-11)7-8-14(13)16-15(10)17/h2-10H,1H3,(H,16,17). The monoisotopic (exact) mass is 223 g/mol. The number of amides is 1. The zero-order valence-electron chi connectivity index (χ0n) is 9.60. The maximum absolute atomic E-state index is 11.6. The Morgan fingerprint density at radius 1 is 1.00 bits per heavy atom. The molecule has 2 aromatic carbocycles. The van der Waals surface area contributed by atoms with E-state index in [0.29, 0.717) is 0 Å². The largest absolute Gasteiger partial charge is 0.325 e. The van der Waals surface area contributed by atoms with Gasteiger partial charge in [-0.2, -0.15) is 0 Å². The van der Waals surface area contributed by atoms with Gasteiger partial charge in [0, 0.05) is 5.69 Å². The summed E-state index contributed by atoms with van der Waals surface area (Å²) in [5.74, 6) is 0.0406. The van der Waals surface area contributed by atoms with E-state index < -0.39 is 0 Å². The van der Waals surface area contributed by atoms with Crippen LogP contribution in [0.3, 0.4) is 0 Å². The zero-order valence-corrected chi connectivity index (χ0v) is 9.60. The van der Waals surface area contributed by atoms with Gasteiger partial charge >= 0.3 is 0 Å². The van der Waals surface area contributed by atoms with E-state index >= 15 is 0 Å². The molecule has 0 radical (unpaired) electrons. The number of fused-ring (bicyclic) bond motifs is 1. The van der Waals surface area contributed by atoms with Gasteiger partial charge in [-0.25, -0.2) is 0 Å². The van der Waals surface area contributed by atoms with Crippen molar-refractivity contribution in [2.75, 3.05) is 5.32 Å². The highest BCUT2D eigenvalue weighted by atomic mass is 16.2. The fraction of sp³-hybridized carbons (Fsp3) is 0.133. The van der Waals surface area contributed by atoms with Crippen molar-refractivity contribution >= 4 is 11.6 Å². The topological polar surface area (TPSA) is 29.1 Å². The van der Waals surface area contributed by atoms with Gasteiger partial charge in [-0.3, -0.25) is 4.79 Å². The Balaban J connectivity index is 2.09. The molecule has 17 heavy (non-hydrogen) atoms. The molecule has 0 fully saturated rings. The molecule has 1 atom stereocenters. The molecule has 0 saturated heterocycles. The van der Waals surface area contributed by atoms with E-state index in [2.05, 4.69) is 23.5 Å². The van der Waals surface area contributed by atoms with Crippen LogP contribution in [0, 0.1) is 0 Å². The number of nitrogens with one attached hydrogen (secondary N) is 1. The molecule has 2 aromatic rings. The van der Waals surface area contributed by atoms with Crippen LogP contribution >= 0.6 is 0 Å². The van der Waals surface area contributed by atoms with Crippen molar-refractivity contribution in [3.63, 3.8) is 0 Å².